The third kappa shape index (κ3) is 2.68. The van der Waals surface area contributed by atoms with Gasteiger partial charge in [-0.3, -0.25) is 4.98 Å². The minimum atomic E-state index is -0.606. The summed E-state index contributed by atoms with van der Waals surface area (Å²) in [6.45, 7) is 1.97. The third-order valence-electron chi connectivity index (χ3n) is 1.84. The lowest BCUT2D eigenvalue weighted by Gasteiger charge is -1.94. The summed E-state index contributed by atoms with van der Waals surface area (Å²) in [6.07, 6.45) is 3.19. The van der Waals surface area contributed by atoms with Crippen molar-refractivity contribution in [3.8, 4) is 11.5 Å². The van der Waals surface area contributed by atoms with Gasteiger partial charge in [-0.15, -0.1) is 0 Å². The molecule has 6 nitrogen and oxygen atoms in total. The van der Waals surface area contributed by atoms with E-state index in [0.717, 1.165) is 4.47 Å². The van der Waals surface area contributed by atoms with Crippen LogP contribution in [0, 0.1) is 0 Å². The molecule has 0 N–H and O–H groups in total. The number of carbonyl (C=O) groups is 1. The molecule has 17 heavy (non-hydrogen) atoms. The standard InChI is InChI=1S/C10H8BrN3O3/c1-2-16-10(15)8-13-9(17-14-8)6-3-7(11)5-12-4-6/h3-5H,2H2,1H3. The first kappa shape index (κ1) is 11.7. The van der Waals surface area contributed by atoms with Crippen LogP contribution < -0.4 is 0 Å². The predicted octanol–water partition coefficient (Wildman–Crippen LogP) is 2.07. The Labute approximate surface area is 105 Å². The topological polar surface area (TPSA) is 78.1 Å². The van der Waals surface area contributed by atoms with E-state index in [-0.39, 0.29) is 18.3 Å². The number of halogens is 1. The van der Waals surface area contributed by atoms with Gasteiger partial charge in [-0.1, -0.05) is 0 Å². The molecule has 7 heteroatoms. The van der Waals surface area contributed by atoms with Gasteiger partial charge in [0.25, 0.3) is 11.7 Å². The van der Waals surface area contributed by atoms with Crippen molar-refractivity contribution in [3.63, 3.8) is 0 Å². The Morgan fingerprint density at radius 1 is 1.53 bits per heavy atom. The van der Waals surface area contributed by atoms with Gasteiger partial charge in [-0.05, 0) is 34.1 Å². The Kier molecular flexibility index (Phi) is 3.48. The van der Waals surface area contributed by atoms with E-state index >= 15 is 0 Å². The molecule has 0 aromatic carbocycles. The maximum Gasteiger partial charge on any atom is 0.379 e. The number of aromatic nitrogens is 3. The fraction of sp³-hybridized carbons (Fsp3) is 0.200. The van der Waals surface area contributed by atoms with E-state index in [0.29, 0.717) is 5.56 Å². The second-order valence-electron chi connectivity index (χ2n) is 3.04. The van der Waals surface area contributed by atoms with Crippen molar-refractivity contribution < 1.29 is 14.1 Å². The molecule has 2 heterocycles. The Morgan fingerprint density at radius 3 is 3.06 bits per heavy atom. The molecule has 0 amide bonds. The zero-order valence-electron chi connectivity index (χ0n) is 8.88. The van der Waals surface area contributed by atoms with E-state index in [2.05, 4.69) is 31.1 Å². The average molecular weight is 298 g/mol. The lowest BCUT2D eigenvalue weighted by Crippen LogP contribution is -2.06. The molecule has 0 aliphatic heterocycles. The summed E-state index contributed by atoms with van der Waals surface area (Å²) in [6, 6.07) is 1.76. The van der Waals surface area contributed by atoms with E-state index in [1.807, 2.05) is 0 Å². The summed E-state index contributed by atoms with van der Waals surface area (Å²) >= 11 is 3.28. The first-order valence-corrected chi connectivity index (χ1v) is 5.61. The molecule has 0 aliphatic rings. The number of pyridine rings is 1. The first-order chi connectivity index (χ1) is 8.20. The molecule has 0 radical (unpaired) electrons. The van der Waals surface area contributed by atoms with Crippen molar-refractivity contribution in [1.29, 1.82) is 0 Å². The van der Waals surface area contributed by atoms with E-state index in [4.69, 9.17) is 9.26 Å². The number of hydrogen-bond donors (Lipinski definition) is 0. The summed E-state index contributed by atoms with van der Waals surface area (Å²) in [5.74, 6) is -0.478. The van der Waals surface area contributed by atoms with E-state index in [9.17, 15) is 4.79 Å². The average Bonchev–Trinajstić information content (AvgIpc) is 2.78. The molecule has 0 saturated carbocycles. The van der Waals surface area contributed by atoms with Crippen molar-refractivity contribution in [1.82, 2.24) is 15.1 Å². The highest BCUT2D eigenvalue weighted by Gasteiger charge is 2.16. The van der Waals surface area contributed by atoms with Crippen LogP contribution in [-0.4, -0.2) is 27.7 Å². The van der Waals surface area contributed by atoms with Crippen LogP contribution in [0.3, 0.4) is 0 Å². The fourth-order valence-electron chi connectivity index (χ4n) is 1.15. The highest BCUT2D eigenvalue weighted by molar-refractivity contribution is 9.10. The van der Waals surface area contributed by atoms with Crippen molar-refractivity contribution in [3.05, 3.63) is 28.8 Å². The summed E-state index contributed by atoms with van der Waals surface area (Å²) < 4.78 is 10.5. The summed E-state index contributed by atoms with van der Waals surface area (Å²) in [5, 5.41) is 3.54. The quantitative estimate of drug-likeness (QED) is 0.807. The Balaban J connectivity index is 2.27. The lowest BCUT2D eigenvalue weighted by atomic mass is 10.3. The lowest BCUT2D eigenvalue weighted by molar-refractivity contribution is 0.0508. The molecule has 0 bridgehead atoms. The van der Waals surface area contributed by atoms with Crippen LogP contribution in [0.4, 0.5) is 0 Å². The van der Waals surface area contributed by atoms with Gasteiger partial charge >= 0.3 is 5.97 Å². The normalized spacial score (nSPS) is 10.2. The van der Waals surface area contributed by atoms with E-state index < -0.39 is 5.97 Å². The van der Waals surface area contributed by atoms with Gasteiger partial charge in [0.2, 0.25) is 0 Å². The van der Waals surface area contributed by atoms with Crippen LogP contribution in [0.2, 0.25) is 0 Å². The van der Waals surface area contributed by atoms with Crippen molar-refractivity contribution in [2.24, 2.45) is 0 Å². The second kappa shape index (κ2) is 5.05. The minimum Gasteiger partial charge on any atom is -0.460 e. The summed E-state index contributed by atoms with van der Waals surface area (Å²) in [4.78, 5) is 19.2. The minimum absolute atomic E-state index is 0.0955. The van der Waals surface area contributed by atoms with Crippen LogP contribution in [-0.2, 0) is 4.74 Å². The molecule has 88 valence electrons. The van der Waals surface area contributed by atoms with Gasteiger partial charge in [-0.25, -0.2) is 4.79 Å². The number of nitrogens with zero attached hydrogens (tertiary/aromatic N) is 3. The van der Waals surface area contributed by atoms with E-state index in [1.165, 1.54) is 0 Å². The molecule has 2 aromatic heterocycles. The van der Waals surface area contributed by atoms with Crippen LogP contribution in [0.25, 0.3) is 11.5 Å². The van der Waals surface area contributed by atoms with Crippen molar-refractivity contribution in [2.75, 3.05) is 6.61 Å². The van der Waals surface area contributed by atoms with Gasteiger partial charge in [-0.2, -0.15) is 4.98 Å². The molecular weight excluding hydrogens is 290 g/mol. The predicted molar refractivity (Wildman–Crippen MR) is 61.2 cm³/mol. The number of carbonyl (C=O) groups excluding carboxylic acids is 1. The van der Waals surface area contributed by atoms with Gasteiger partial charge in [0.05, 0.1) is 12.2 Å². The Bertz CT molecular complexity index is 541. The number of hydrogen-bond acceptors (Lipinski definition) is 6. The number of esters is 1. The maximum absolute atomic E-state index is 11.3. The molecule has 0 saturated heterocycles. The molecule has 0 spiro atoms. The molecule has 0 fully saturated rings. The molecule has 0 unspecified atom stereocenters. The monoisotopic (exact) mass is 297 g/mol. The zero-order chi connectivity index (χ0) is 12.3. The fourth-order valence-corrected chi connectivity index (χ4v) is 1.51. The number of ether oxygens (including phenoxy) is 1. The van der Waals surface area contributed by atoms with Crippen molar-refractivity contribution in [2.45, 2.75) is 6.92 Å². The summed E-state index contributed by atoms with van der Waals surface area (Å²) in [7, 11) is 0. The van der Waals surface area contributed by atoms with Crippen LogP contribution in [0.1, 0.15) is 17.5 Å². The molecule has 2 rings (SSSR count). The van der Waals surface area contributed by atoms with Gasteiger partial charge < -0.3 is 9.26 Å². The maximum atomic E-state index is 11.3. The molecular formula is C10H8BrN3O3. The second-order valence-corrected chi connectivity index (χ2v) is 3.95. The third-order valence-corrected chi connectivity index (χ3v) is 2.27. The number of rotatable bonds is 3. The SMILES string of the molecule is CCOC(=O)c1noc(-c2cncc(Br)c2)n1. The van der Waals surface area contributed by atoms with Crippen molar-refractivity contribution >= 4 is 21.9 Å². The highest BCUT2D eigenvalue weighted by atomic mass is 79.9. The van der Waals surface area contributed by atoms with Crippen LogP contribution >= 0.6 is 15.9 Å². The Morgan fingerprint density at radius 2 is 2.35 bits per heavy atom. The first-order valence-electron chi connectivity index (χ1n) is 4.82. The van der Waals surface area contributed by atoms with Gasteiger partial charge in [0, 0.05) is 16.9 Å². The van der Waals surface area contributed by atoms with Crippen LogP contribution in [0.5, 0.6) is 0 Å². The van der Waals surface area contributed by atoms with Gasteiger partial charge in [0.15, 0.2) is 0 Å². The zero-order valence-corrected chi connectivity index (χ0v) is 10.5. The highest BCUT2D eigenvalue weighted by Crippen LogP contribution is 2.19. The smallest absolute Gasteiger partial charge is 0.379 e. The van der Waals surface area contributed by atoms with E-state index in [1.54, 1.807) is 25.4 Å². The van der Waals surface area contributed by atoms with Gasteiger partial charge in [0.1, 0.15) is 0 Å². The summed E-state index contributed by atoms with van der Waals surface area (Å²) in [5.41, 5.74) is 0.627. The molecule has 0 atom stereocenters. The van der Waals surface area contributed by atoms with Crippen LogP contribution in [0.15, 0.2) is 27.5 Å². The molecule has 0 aliphatic carbocycles. The largest absolute Gasteiger partial charge is 0.460 e. The Hall–Kier alpha value is -1.76. The molecule has 2 aromatic rings.